The number of benzene rings is 3. The van der Waals surface area contributed by atoms with Crippen molar-refractivity contribution in [3.05, 3.63) is 124 Å². The molecule has 1 unspecified atom stereocenters. The fraction of sp³-hybridized carbons (Fsp3) is 0.378. The van der Waals surface area contributed by atoms with E-state index in [-0.39, 0.29) is 31.6 Å². The zero-order chi connectivity index (χ0) is 36.2. The lowest BCUT2D eigenvalue weighted by atomic mass is 9.77. The number of halogens is 1. The zero-order valence-electron chi connectivity index (χ0n) is 28.7. The molecule has 2 saturated heterocycles. The van der Waals surface area contributed by atoms with Crippen LogP contribution in [0.25, 0.3) is 0 Å². The van der Waals surface area contributed by atoms with Crippen molar-refractivity contribution < 1.29 is 36.8 Å². The number of carbonyl (C=O) groups excluding carboxylic acids is 1. The van der Waals surface area contributed by atoms with E-state index in [0.29, 0.717) is 5.75 Å². The van der Waals surface area contributed by atoms with E-state index >= 15 is 4.39 Å². The molecule has 0 radical (unpaired) electrons. The predicted octanol–water partition coefficient (Wildman–Crippen LogP) is 7.13. The van der Waals surface area contributed by atoms with Crippen LogP contribution in [0.4, 0.5) is 10.2 Å². The van der Waals surface area contributed by atoms with Crippen LogP contribution in [0.2, 0.25) is 0 Å². The molecule has 14 heteroatoms. The molecule has 4 aromatic rings. The lowest BCUT2D eigenvalue weighted by Gasteiger charge is -2.37. The summed E-state index contributed by atoms with van der Waals surface area (Å²) in [5.41, 5.74) is 1.03. The number of anilines is 1. The second-order valence-corrected chi connectivity index (χ2v) is 15.7. The van der Waals surface area contributed by atoms with Crippen LogP contribution in [0.1, 0.15) is 49.3 Å². The Morgan fingerprint density at radius 2 is 1.65 bits per heavy atom. The summed E-state index contributed by atoms with van der Waals surface area (Å²) in [4.78, 5) is 30.1. The second-order valence-electron chi connectivity index (χ2n) is 12.7. The Labute approximate surface area is 300 Å². The molecule has 0 saturated carbocycles. The van der Waals surface area contributed by atoms with Crippen LogP contribution in [0.3, 0.4) is 0 Å². The van der Waals surface area contributed by atoms with Crippen molar-refractivity contribution in [2.45, 2.75) is 61.7 Å². The molecule has 3 heterocycles. The molecule has 11 nitrogen and oxygen atoms in total. The van der Waals surface area contributed by atoms with Gasteiger partial charge in [0.2, 0.25) is 0 Å². The van der Waals surface area contributed by atoms with Gasteiger partial charge in [0.25, 0.3) is 0 Å². The largest absolute Gasteiger partial charge is 0.497 e. The van der Waals surface area contributed by atoms with E-state index in [1.165, 1.54) is 10.8 Å². The molecule has 2 fully saturated rings. The van der Waals surface area contributed by atoms with Crippen LogP contribution in [0.5, 0.6) is 5.75 Å². The molecule has 2 aliphatic heterocycles. The highest BCUT2D eigenvalue weighted by atomic mass is 32.2. The number of nitrogens with one attached hydrogen (secondary N) is 1. The van der Waals surface area contributed by atoms with E-state index in [1.54, 1.807) is 33.9 Å². The summed E-state index contributed by atoms with van der Waals surface area (Å²) in [6, 6.07) is 29.0. The summed E-state index contributed by atoms with van der Waals surface area (Å²) < 4.78 is 57.6. The van der Waals surface area contributed by atoms with Gasteiger partial charge in [0.1, 0.15) is 28.6 Å². The first kappa shape index (κ1) is 36.8. The fourth-order valence-electron chi connectivity index (χ4n) is 6.20. The van der Waals surface area contributed by atoms with Crippen molar-refractivity contribution in [2.24, 2.45) is 5.92 Å². The summed E-state index contributed by atoms with van der Waals surface area (Å²) in [7, 11) is -2.51. The number of carbonyl (C=O) groups is 1. The lowest BCUT2D eigenvalue weighted by molar-refractivity contribution is -0.152. The topological polar surface area (TPSA) is 127 Å². The first-order chi connectivity index (χ1) is 24.5. The van der Waals surface area contributed by atoms with Gasteiger partial charge in [0, 0.05) is 6.20 Å². The van der Waals surface area contributed by atoms with Gasteiger partial charge >= 0.3 is 19.5 Å². The Hall–Kier alpha value is -4.00. The van der Waals surface area contributed by atoms with E-state index in [2.05, 4.69) is 10.3 Å². The second kappa shape index (κ2) is 15.7. The van der Waals surface area contributed by atoms with Crippen LogP contribution in [0, 0.1) is 5.92 Å². The van der Waals surface area contributed by atoms with Gasteiger partial charge in [-0.1, -0.05) is 79.7 Å². The molecule has 6 atom stereocenters. The Morgan fingerprint density at radius 1 is 1.02 bits per heavy atom. The summed E-state index contributed by atoms with van der Waals surface area (Å²) >= 11 is 1.15. The fourth-order valence-corrected chi connectivity index (χ4v) is 9.27. The van der Waals surface area contributed by atoms with Gasteiger partial charge in [-0.15, -0.1) is 11.8 Å². The maximum Gasteiger partial charge on any atom is 0.475 e. The highest BCUT2D eigenvalue weighted by Gasteiger charge is 2.54. The minimum absolute atomic E-state index is 0.102. The molecule has 0 amide bonds. The summed E-state index contributed by atoms with van der Waals surface area (Å²) in [5.74, 6) is 0.0682. The van der Waals surface area contributed by atoms with E-state index in [9.17, 15) is 14.2 Å². The third kappa shape index (κ3) is 7.93. The predicted molar refractivity (Wildman–Crippen MR) is 193 cm³/mol. The first-order valence-electron chi connectivity index (χ1n) is 16.7. The SMILES string of the molecule is COc1ccc(C(Nc2ccn([C@@H]3S[C@@H]4COP(=O)(OCC[C@@H](C)C(=O)OC(C)C)O[C@H]4[C@@H]3F)c(=O)n2)(c2ccccc2)c2ccccc2)cc1. The molecule has 0 spiro atoms. The molecule has 270 valence electrons. The molecule has 6 rings (SSSR count). The van der Waals surface area contributed by atoms with Gasteiger partial charge in [0.05, 0.1) is 37.6 Å². The molecule has 1 aromatic heterocycles. The standard InChI is InChI=1S/C37H41FN3O8PS/c1-24(2)48-35(42)25(3)20-22-46-50(44)47-23-30-33(49-50)32(38)34(51-30)41-21-19-31(39-36(41)43)40-37(26-11-7-5-8-12-26,27-13-9-6-10-14-27)28-15-17-29(45-4)18-16-28/h5-19,21,24-25,30,32-34H,20,22-23H2,1-4H3,(H,39,40,43)/t25-,30-,32+,33-,34-,50?/m1/s1. The van der Waals surface area contributed by atoms with Crippen molar-refractivity contribution in [1.82, 2.24) is 9.55 Å². The van der Waals surface area contributed by atoms with Gasteiger partial charge in [-0.25, -0.2) is 13.8 Å². The number of methoxy groups -OCH3 is 1. The minimum atomic E-state index is -4.12. The number of thioether (sulfide) groups is 1. The van der Waals surface area contributed by atoms with Crippen LogP contribution < -0.4 is 15.7 Å². The van der Waals surface area contributed by atoms with Crippen molar-refractivity contribution in [3.8, 4) is 5.75 Å². The number of fused-ring (bicyclic) bond motifs is 1. The first-order valence-corrected chi connectivity index (χ1v) is 19.1. The number of hydrogen-bond acceptors (Lipinski definition) is 11. The smallest absolute Gasteiger partial charge is 0.475 e. The molecule has 51 heavy (non-hydrogen) atoms. The number of esters is 1. The molecular weight excluding hydrogens is 696 g/mol. The van der Waals surface area contributed by atoms with Crippen molar-refractivity contribution >= 4 is 31.4 Å². The van der Waals surface area contributed by atoms with Gasteiger partial charge in [-0.3, -0.25) is 22.9 Å². The van der Waals surface area contributed by atoms with Crippen molar-refractivity contribution in [2.75, 3.05) is 25.6 Å². The molecule has 2 aliphatic rings. The Bertz CT molecular complexity index is 1860. The van der Waals surface area contributed by atoms with Gasteiger partial charge in [0.15, 0.2) is 6.17 Å². The van der Waals surface area contributed by atoms with E-state index < -0.39 is 53.8 Å². The maximum atomic E-state index is 16.1. The Morgan fingerprint density at radius 3 is 2.24 bits per heavy atom. The minimum Gasteiger partial charge on any atom is -0.497 e. The number of phosphoric ester groups is 1. The highest BCUT2D eigenvalue weighted by molar-refractivity contribution is 8.00. The van der Waals surface area contributed by atoms with E-state index in [1.807, 2.05) is 84.9 Å². The van der Waals surface area contributed by atoms with Crippen LogP contribution >= 0.6 is 19.6 Å². The van der Waals surface area contributed by atoms with Crippen LogP contribution in [-0.4, -0.2) is 59.5 Å². The quantitative estimate of drug-likeness (QED) is 0.0856. The molecule has 0 bridgehead atoms. The number of aromatic nitrogens is 2. The number of nitrogens with zero attached hydrogens (tertiary/aromatic N) is 2. The van der Waals surface area contributed by atoms with Crippen molar-refractivity contribution in [1.29, 1.82) is 0 Å². The average molecular weight is 738 g/mol. The monoisotopic (exact) mass is 737 g/mol. The number of alkyl halides is 1. The van der Waals surface area contributed by atoms with Gasteiger partial charge in [-0.05, 0) is 55.2 Å². The molecule has 3 aromatic carbocycles. The maximum absolute atomic E-state index is 16.1. The number of hydrogen-bond donors (Lipinski definition) is 1. The average Bonchev–Trinajstić information content (AvgIpc) is 3.45. The number of phosphoric acid groups is 1. The molecular formula is C37H41FN3O8PS. The van der Waals surface area contributed by atoms with Crippen LogP contribution in [0.15, 0.2) is 102 Å². The summed E-state index contributed by atoms with van der Waals surface area (Å²) in [6.45, 7) is 4.96. The third-order valence-corrected chi connectivity index (χ3v) is 11.8. The molecule has 1 N–H and O–H groups in total. The highest BCUT2D eigenvalue weighted by Crippen LogP contribution is 2.60. The Kier molecular flexibility index (Phi) is 11.3. The number of rotatable bonds is 13. The Balaban J connectivity index is 1.22. The van der Waals surface area contributed by atoms with Crippen molar-refractivity contribution in [3.63, 3.8) is 0 Å². The number of ether oxygens (including phenoxy) is 2. The van der Waals surface area contributed by atoms with Gasteiger partial charge in [-0.2, -0.15) is 4.98 Å². The normalized spacial score (nSPS) is 23.7. The van der Waals surface area contributed by atoms with E-state index in [0.717, 1.165) is 28.5 Å². The third-order valence-electron chi connectivity index (χ3n) is 8.83. The molecule has 0 aliphatic carbocycles. The summed E-state index contributed by atoms with van der Waals surface area (Å²) in [5, 5.41) is 2.01. The zero-order valence-corrected chi connectivity index (χ0v) is 30.4. The summed E-state index contributed by atoms with van der Waals surface area (Å²) in [6.07, 6.45) is -1.41. The lowest BCUT2D eigenvalue weighted by Crippen LogP contribution is -2.40. The van der Waals surface area contributed by atoms with E-state index in [4.69, 9.17) is 23.0 Å². The van der Waals surface area contributed by atoms with Crippen LogP contribution in [-0.2, 0) is 33.2 Å². The van der Waals surface area contributed by atoms with Gasteiger partial charge < -0.3 is 14.8 Å².